The van der Waals surface area contributed by atoms with Crippen molar-refractivity contribution in [2.45, 2.75) is 0 Å². The van der Waals surface area contributed by atoms with Crippen molar-refractivity contribution < 1.29 is 9.47 Å². The SMILES string of the molecule is COc1cc(NN)cc(OC)c1.Cl. The second-order valence-electron chi connectivity index (χ2n) is 2.25. The second-order valence-corrected chi connectivity index (χ2v) is 2.25. The topological polar surface area (TPSA) is 56.5 Å². The van der Waals surface area contributed by atoms with Crippen molar-refractivity contribution in [3.63, 3.8) is 0 Å². The average Bonchev–Trinajstić information content (AvgIpc) is 2.16. The zero-order chi connectivity index (χ0) is 8.97. The van der Waals surface area contributed by atoms with E-state index in [9.17, 15) is 0 Å². The molecule has 3 N–H and O–H groups in total. The molecule has 0 atom stereocenters. The normalized spacial score (nSPS) is 8.54. The summed E-state index contributed by atoms with van der Waals surface area (Å²) in [5.41, 5.74) is 3.27. The average molecular weight is 205 g/mol. The van der Waals surface area contributed by atoms with Crippen LogP contribution in [0.5, 0.6) is 11.5 Å². The maximum absolute atomic E-state index is 5.24. The first-order valence-electron chi connectivity index (χ1n) is 3.50. The fourth-order valence-corrected chi connectivity index (χ4v) is 0.891. The van der Waals surface area contributed by atoms with Crippen LogP contribution in [0.4, 0.5) is 5.69 Å². The Bertz CT molecular complexity index is 213. The highest BCUT2D eigenvalue weighted by atomic mass is 35.5. The van der Waals surface area contributed by atoms with Gasteiger partial charge in [0.05, 0.1) is 19.9 Å². The van der Waals surface area contributed by atoms with Gasteiger partial charge in [-0.15, -0.1) is 12.4 Å². The monoisotopic (exact) mass is 204 g/mol. The Kier molecular flexibility index (Phi) is 5.03. The molecule has 0 spiro atoms. The largest absolute Gasteiger partial charge is 0.497 e. The zero-order valence-corrected chi connectivity index (χ0v) is 8.35. The molecule has 0 aliphatic carbocycles. The number of hydrazine groups is 1. The van der Waals surface area contributed by atoms with Gasteiger partial charge in [-0.1, -0.05) is 0 Å². The van der Waals surface area contributed by atoms with E-state index in [1.54, 1.807) is 32.4 Å². The molecular formula is C8H13ClN2O2. The number of nitrogens with one attached hydrogen (secondary N) is 1. The molecule has 1 rings (SSSR count). The lowest BCUT2D eigenvalue weighted by atomic mass is 10.3. The Labute approximate surface area is 83.4 Å². The minimum atomic E-state index is 0. The molecule has 4 nitrogen and oxygen atoms in total. The smallest absolute Gasteiger partial charge is 0.124 e. The van der Waals surface area contributed by atoms with Gasteiger partial charge in [-0.3, -0.25) is 5.84 Å². The van der Waals surface area contributed by atoms with Crippen LogP contribution < -0.4 is 20.7 Å². The third-order valence-corrected chi connectivity index (χ3v) is 1.52. The van der Waals surface area contributed by atoms with Crippen molar-refractivity contribution in [1.29, 1.82) is 0 Å². The molecule has 0 amide bonds. The number of benzene rings is 1. The highest BCUT2D eigenvalue weighted by Gasteiger charge is 1.99. The van der Waals surface area contributed by atoms with E-state index in [1.165, 1.54) is 0 Å². The highest BCUT2D eigenvalue weighted by molar-refractivity contribution is 5.85. The van der Waals surface area contributed by atoms with Crippen molar-refractivity contribution in [3.8, 4) is 11.5 Å². The first-order valence-corrected chi connectivity index (χ1v) is 3.50. The number of hydrogen-bond acceptors (Lipinski definition) is 4. The number of nitrogen functional groups attached to an aromatic ring is 1. The Morgan fingerprint density at radius 1 is 1.08 bits per heavy atom. The first kappa shape index (κ1) is 11.9. The van der Waals surface area contributed by atoms with E-state index in [0.717, 1.165) is 5.69 Å². The molecule has 1 aromatic rings. The molecule has 0 aliphatic heterocycles. The Morgan fingerprint density at radius 2 is 1.54 bits per heavy atom. The van der Waals surface area contributed by atoms with Crippen molar-refractivity contribution in [3.05, 3.63) is 18.2 Å². The number of rotatable bonds is 3. The molecule has 1 aromatic carbocycles. The highest BCUT2D eigenvalue weighted by Crippen LogP contribution is 2.24. The maximum atomic E-state index is 5.24. The Hall–Kier alpha value is -1.13. The van der Waals surface area contributed by atoms with Crippen molar-refractivity contribution in [2.75, 3.05) is 19.6 Å². The summed E-state index contributed by atoms with van der Waals surface area (Å²) < 4.78 is 10.0. The van der Waals surface area contributed by atoms with E-state index in [0.29, 0.717) is 11.5 Å². The number of nitrogens with two attached hydrogens (primary N) is 1. The van der Waals surface area contributed by atoms with Gasteiger partial charge in [-0.2, -0.15) is 0 Å². The lowest BCUT2D eigenvalue weighted by Gasteiger charge is -2.07. The van der Waals surface area contributed by atoms with Gasteiger partial charge >= 0.3 is 0 Å². The second kappa shape index (κ2) is 5.50. The predicted octanol–water partition coefficient (Wildman–Crippen LogP) is 1.41. The first-order chi connectivity index (χ1) is 5.80. The van der Waals surface area contributed by atoms with Gasteiger partial charge in [0.1, 0.15) is 11.5 Å². The van der Waals surface area contributed by atoms with Crippen LogP contribution in [-0.2, 0) is 0 Å². The molecule has 0 heterocycles. The summed E-state index contributed by atoms with van der Waals surface area (Å²) in [5.74, 6) is 6.66. The molecule has 0 fully saturated rings. The van der Waals surface area contributed by atoms with Crippen molar-refractivity contribution in [2.24, 2.45) is 5.84 Å². The summed E-state index contributed by atoms with van der Waals surface area (Å²) in [6.07, 6.45) is 0. The molecule has 0 saturated carbocycles. The van der Waals surface area contributed by atoms with E-state index < -0.39 is 0 Å². The number of methoxy groups -OCH3 is 2. The van der Waals surface area contributed by atoms with Crippen LogP contribution in [0.1, 0.15) is 0 Å². The molecule has 0 radical (unpaired) electrons. The van der Waals surface area contributed by atoms with E-state index in [-0.39, 0.29) is 12.4 Å². The minimum Gasteiger partial charge on any atom is -0.497 e. The van der Waals surface area contributed by atoms with Crippen LogP contribution in [0.25, 0.3) is 0 Å². The van der Waals surface area contributed by atoms with E-state index in [1.807, 2.05) is 0 Å². The maximum Gasteiger partial charge on any atom is 0.124 e. The molecule has 74 valence electrons. The molecule has 0 aliphatic rings. The lowest BCUT2D eigenvalue weighted by molar-refractivity contribution is 0.394. The summed E-state index contributed by atoms with van der Waals surface area (Å²) in [6.45, 7) is 0. The van der Waals surface area contributed by atoms with E-state index >= 15 is 0 Å². The number of anilines is 1. The summed E-state index contributed by atoms with van der Waals surface area (Å²) in [7, 11) is 3.18. The number of ether oxygens (including phenoxy) is 2. The lowest BCUT2D eigenvalue weighted by Crippen LogP contribution is -2.06. The molecular weight excluding hydrogens is 192 g/mol. The van der Waals surface area contributed by atoms with Crippen LogP contribution in [0.15, 0.2) is 18.2 Å². The van der Waals surface area contributed by atoms with Gasteiger partial charge in [-0.25, -0.2) is 0 Å². The van der Waals surface area contributed by atoms with Gasteiger partial charge in [0.15, 0.2) is 0 Å². The number of hydrogen-bond donors (Lipinski definition) is 2. The fraction of sp³-hybridized carbons (Fsp3) is 0.250. The molecule has 0 bridgehead atoms. The third-order valence-electron chi connectivity index (χ3n) is 1.52. The van der Waals surface area contributed by atoms with E-state index in [4.69, 9.17) is 15.3 Å². The van der Waals surface area contributed by atoms with Gasteiger partial charge in [0.2, 0.25) is 0 Å². The van der Waals surface area contributed by atoms with Gasteiger partial charge in [0, 0.05) is 18.2 Å². The van der Waals surface area contributed by atoms with Crippen LogP contribution in [0.3, 0.4) is 0 Å². The van der Waals surface area contributed by atoms with Crippen LogP contribution in [0.2, 0.25) is 0 Å². The van der Waals surface area contributed by atoms with Crippen LogP contribution >= 0.6 is 12.4 Å². The fourth-order valence-electron chi connectivity index (χ4n) is 0.891. The third kappa shape index (κ3) is 3.01. The molecule has 0 aromatic heterocycles. The summed E-state index contributed by atoms with van der Waals surface area (Å²) in [6, 6.07) is 5.34. The molecule has 5 heteroatoms. The quantitative estimate of drug-likeness (QED) is 0.578. The molecule has 13 heavy (non-hydrogen) atoms. The number of halogens is 1. The van der Waals surface area contributed by atoms with Crippen LogP contribution in [0, 0.1) is 0 Å². The van der Waals surface area contributed by atoms with Crippen LogP contribution in [-0.4, -0.2) is 14.2 Å². The predicted molar refractivity (Wildman–Crippen MR) is 54.6 cm³/mol. The molecule has 0 saturated heterocycles. The summed E-state index contributed by atoms with van der Waals surface area (Å²) in [5, 5.41) is 0. The van der Waals surface area contributed by atoms with Gasteiger partial charge in [0.25, 0.3) is 0 Å². The minimum absolute atomic E-state index is 0. The molecule has 0 unspecified atom stereocenters. The Balaban J connectivity index is 0.00000144. The van der Waals surface area contributed by atoms with Gasteiger partial charge < -0.3 is 14.9 Å². The van der Waals surface area contributed by atoms with Gasteiger partial charge in [-0.05, 0) is 0 Å². The van der Waals surface area contributed by atoms with Crippen molar-refractivity contribution >= 4 is 18.1 Å². The summed E-state index contributed by atoms with van der Waals surface area (Å²) in [4.78, 5) is 0. The summed E-state index contributed by atoms with van der Waals surface area (Å²) >= 11 is 0. The van der Waals surface area contributed by atoms with Crippen molar-refractivity contribution in [1.82, 2.24) is 0 Å². The van der Waals surface area contributed by atoms with E-state index in [2.05, 4.69) is 5.43 Å². The standard InChI is InChI=1S/C8H12N2O2.ClH/c1-11-7-3-6(10-9)4-8(5-7)12-2;/h3-5,10H,9H2,1-2H3;1H. The zero-order valence-electron chi connectivity index (χ0n) is 7.53. The Morgan fingerprint density at radius 3 is 1.85 bits per heavy atom.